The molecule has 1 aromatic carbocycles. The second-order valence-corrected chi connectivity index (χ2v) is 4.79. The third kappa shape index (κ3) is 5.59. The molecule has 2 unspecified atom stereocenters. The minimum Gasteiger partial charge on any atom is -0.481 e. The van der Waals surface area contributed by atoms with Gasteiger partial charge in [-0.25, -0.2) is 0 Å². The highest BCUT2D eigenvalue weighted by molar-refractivity contribution is 6.31. The molecule has 0 aliphatic carbocycles. The number of benzene rings is 1. The Kier molecular flexibility index (Phi) is 6.84. The smallest absolute Gasteiger partial charge is 0.306 e. The van der Waals surface area contributed by atoms with E-state index < -0.39 is 18.0 Å². The minimum absolute atomic E-state index is 0.153. The molecule has 0 saturated carbocycles. The first-order valence-corrected chi connectivity index (χ1v) is 6.64. The number of halogens is 1. The van der Waals surface area contributed by atoms with Gasteiger partial charge in [0.15, 0.2) is 0 Å². The lowest BCUT2D eigenvalue weighted by Crippen LogP contribution is -2.26. The summed E-state index contributed by atoms with van der Waals surface area (Å²) in [6.07, 6.45) is -0.317. The first-order chi connectivity index (χ1) is 9.04. The van der Waals surface area contributed by atoms with Crippen LogP contribution in [0.3, 0.4) is 0 Å². The first-order valence-electron chi connectivity index (χ1n) is 6.26. The number of aliphatic carboxylic acids is 1. The molecule has 5 heteroatoms. The summed E-state index contributed by atoms with van der Waals surface area (Å²) in [5.41, 5.74) is 0.778. The van der Waals surface area contributed by atoms with Crippen molar-refractivity contribution in [3.63, 3.8) is 0 Å². The number of aliphatic hydroxyl groups excluding tert-OH is 1. The lowest BCUT2D eigenvalue weighted by molar-refractivity contribution is -0.143. The third-order valence-corrected chi connectivity index (χ3v) is 3.21. The second kappa shape index (κ2) is 8.15. The summed E-state index contributed by atoms with van der Waals surface area (Å²) >= 11 is 6.01. The quantitative estimate of drug-likeness (QED) is 0.770. The van der Waals surface area contributed by atoms with Gasteiger partial charge in [-0.3, -0.25) is 4.79 Å². The van der Waals surface area contributed by atoms with Gasteiger partial charge in [0, 0.05) is 11.6 Å². The molecule has 1 aromatic rings. The molecule has 106 valence electrons. The van der Waals surface area contributed by atoms with Crippen molar-refractivity contribution in [1.29, 1.82) is 0 Å². The van der Waals surface area contributed by atoms with Crippen molar-refractivity contribution in [1.82, 2.24) is 0 Å². The van der Waals surface area contributed by atoms with E-state index in [0.717, 1.165) is 5.56 Å². The van der Waals surface area contributed by atoms with E-state index in [4.69, 9.17) is 16.3 Å². The molecule has 0 fully saturated rings. The lowest BCUT2D eigenvalue weighted by Gasteiger charge is -2.17. The maximum absolute atomic E-state index is 11.2. The van der Waals surface area contributed by atoms with Gasteiger partial charge in [0.1, 0.15) is 0 Å². The molecule has 19 heavy (non-hydrogen) atoms. The van der Waals surface area contributed by atoms with Crippen LogP contribution in [0, 0.1) is 5.92 Å². The molecule has 4 nitrogen and oxygen atoms in total. The summed E-state index contributed by atoms with van der Waals surface area (Å²) in [6.45, 7) is 2.48. The van der Waals surface area contributed by atoms with E-state index in [1.165, 1.54) is 0 Å². The predicted molar refractivity (Wildman–Crippen MR) is 73.4 cm³/mol. The Bertz CT molecular complexity index is 408. The average Bonchev–Trinajstić information content (AvgIpc) is 2.38. The van der Waals surface area contributed by atoms with Gasteiger partial charge < -0.3 is 14.9 Å². The van der Waals surface area contributed by atoms with E-state index >= 15 is 0 Å². The van der Waals surface area contributed by atoms with Crippen molar-refractivity contribution in [3.05, 3.63) is 34.9 Å². The van der Waals surface area contributed by atoms with E-state index in [1.54, 1.807) is 18.2 Å². The molecule has 0 heterocycles. The van der Waals surface area contributed by atoms with Crippen molar-refractivity contribution in [2.24, 2.45) is 5.92 Å². The fourth-order valence-corrected chi connectivity index (χ4v) is 2.06. The first kappa shape index (κ1) is 16.0. The summed E-state index contributed by atoms with van der Waals surface area (Å²) < 4.78 is 5.08. The average molecular weight is 287 g/mol. The third-order valence-electron chi connectivity index (χ3n) is 2.84. The van der Waals surface area contributed by atoms with Gasteiger partial charge >= 0.3 is 5.97 Å². The lowest BCUT2D eigenvalue weighted by atomic mass is 9.94. The van der Waals surface area contributed by atoms with Crippen molar-refractivity contribution >= 4 is 17.6 Å². The van der Waals surface area contributed by atoms with Crippen molar-refractivity contribution in [2.45, 2.75) is 25.9 Å². The number of hydrogen-bond acceptors (Lipinski definition) is 3. The van der Waals surface area contributed by atoms with Crippen LogP contribution in [0.1, 0.15) is 18.9 Å². The second-order valence-electron chi connectivity index (χ2n) is 4.38. The molecule has 0 saturated heterocycles. The zero-order valence-electron chi connectivity index (χ0n) is 10.9. The molecule has 0 radical (unpaired) electrons. The molecule has 1 rings (SSSR count). The maximum Gasteiger partial charge on any atom is 0.306 e. The van der Waals surface area contributed by atoms with Crippen LogP contribution in [0.15, 0.2) is 24.3 Å². The summed E-state index contributed by atoms with van der Waals surface area (Å²) in [7, 11) is 0. The maximum atomic E-state index is 11.2. The van der Waals surface area contributed by atoms with Gasteiger partial charge in [-0.15, -0.1) is 0 Å². The molecule has 0 aliphatic heterocycles. The number of carboxylic acid groups (broad SMARTS) is 1. The molecule has 0 aromatic heterocycles. The number of ether oxygens (including phenoxy) is 1. The minimum atomic E-state index is -0.935. The number of carboxylic acids is 1. The van der Waals surface area contributed by atoms with E-state index in [9.17, 15) is 15.0 Å². The van der Waals surface area contributed by atoms with Crippen molar-refractivity contribution in [2.75, 3.05) is 13.2 Å². The van der Waals surface area contributed by atoms with Crippen LogP contribution in [0.5, 0.6) is 0 Å². The van der Waals surface area contributed by atoms with E-state index in [2.05, 4.69) is 0 Å². The van der Waals surface area contributed by atoms with Gasteiger partial charge in [0.2, 0.25) is 0 Å². The molecule has 0 aliphatic rings. The Morgan fingerprint density at radius 3 is 2.68 bits per heavy atom. The zero-order chi connectivity index (χ0) is 14.3. The van der Waals surface area contributed by atoms with Gasteiger partial charge in [-0.2, -0.15) is 0 Å². The molecule has 2 N–H and O–H groups in total. The van der Waals surface area contributed by atoms with Crippen LogP contribution in [0.25, 0.3) is 0 Å². The monoisotopic (exact) mass is 286 g/mol. The fraction of sp³-hybridized carbons (Fsp3) is 0.500. The summed E-state index contributed by atoms with van der Waals surface area (Å²) in [5, 5.41) is 19.5. The van der Waals surface area contributed by atoms with Crippen LogP contribution in [-0.2, 0) is 16.0 Å². The highest BCUT2D eigenvalue weighted by Gasteiger charge is 2.22. The zero-order valence-corrected chi connectivity index (χ0v) is 11.6. The normalized spacial score (nSPS) is 14.1. The fourth-order valence-electron chi connectivity index (χ4n) is 1.85. The Labute approximate surface area is 118 Å². The van der Waals surface area contributed by atoms with E-state index in [0.29, 0.717) is 18.1 Å². The highest BCUT2D eigenvalue weighted by Crippen LogP contribution is 2.21. The van der Waals surface area contributed by atoms with Crippen LogP contribution < -0.4 is 0 Å². The molecule has 2 atom stereocenters. The van der Waals surface area contributed by atoms with Crippen molar-refractivity contribution in [3.8, 4) is 0 Å². The highest BCUT2D eigenvalue weighted by atomic mass is 35.5. The number of carbonyl (C=O) groups is 1. The van der Waals surface area contributed by atoms with Crippen LogP contribution in [0.4, 0.5) is 0 Å². The van der Waals surface area contributed by atoms with Crippen LogP contribution >= 0.6 is 11.6 Å². The molecular weight excluding hydrogens is 268 g/mol. The van der Waals surface area contributed by atoms with E-state index in [-0.39, 0.29) is 13.0 Å². The summed E-state index contributed by atoms with van der Waals surface area (Å²) in [5.74, 6) is -1.61. The number of aliphatic hydroxyl groups is 1. The Morgan fingerprint density at radius 2 is 2.11 bits per heavy atom. The Hall–Kier alpha value is -1.10. The Balaban J connectivity index is 2.63. The SMILES string of the molecule is CCOCC(O)CC(Cc1ccccc1Cl)C(=O)O. The van der Waals surface area contributed by atoms with Crippen molar-refractivity contribution < 1.29 is 19.7 Å². The standard InChI is InChI=1S/C14H19ClO4/c1-2-19-9-12(16)8-11(14(17)18)7-10-5-3-4-6-13(10)15/h3-6,11-12,16H,2,7-9H2,1H3,(H,17,18). The number of rotatable bonds is 8. The topological polar surface area (TPSA) is 66.8 Å². The van der Waals surface area contributed by atoms with Gasteiger partial charge in [0.05, 0.1) is 18.6 Å². The van der Waals surface area contributed by atoms with Gasteiger partial charge in [0.25, 0.3) is 0 Å². The number of hydrogen-bond donors (Lipinski definition) is 2. The molecular formula is C14H19ClO4. The molecule has 0 spiro atoms. The largest absolute Gasteiger partial charge is 0.481 e. The van der Waals surface area contributed by atoms with Gasteiger partial charge in [-0.1, -0.05) is 29.8 Å². The van der Waals surface area contributed by atoms with Crippen LogP contribution in [-0.4, -0.2) is 35.5 Å². The molecule has 0 amide bonds. The summed E-state index contributed by atoms with van der Waals surface area (Å²) in [6, 6.07) is 7.14. The van der Waals surface area contributed by atoms with E-state index in [1.807, 2.05) is 13.0 Å². The Morgan fingerprint density at radius 1 is 1.42 bits per heavy atom. The predicted octanol–water partition coefficient (Wildman–Crippen LogP) is 2.37. The van der Waals surface area contributed by atoms with Crippen LogP contribution in [0.2, 0.25) is 5.02 Å². The molecule has 0 bridgehead atoms. The van der Waals surface area contributed by atoms with Gasteiger partial charge in [-0.05, 0) is 31.4 Å². The summed E-state index contributed by atoms with van der Waals surface area (Å²) in [4.78, 5) is 11.2.